The summed E-state index contributed by atoms with van der Waals surface area (Å²) in [5, 5.41) is 0. The molecule has 2 unspecified atom stereocenters. The van der Waals surface area contributed by atoms with Crippen LogP contribution < -0.4 is 4.57 Å². The number of H-pyrrole nitrogens is 1. The summed E-state index contributed by atoms with van der Waals surface area (Å²) in [6.07, 6.45) is 48.7. The maximum absolute atomic E-state index is 3.73. The third-order valence-electron chi connectivity index (χ3n) is 9.89. The number of aromatic amines is 1. The number of rotatable bonds is 33. The number of hydrogen-bond acceptors (Lipinski definition) is 0. The molecule has 0 spiro atoms. The zero-order chi connectivity index (χ0) is 30.4. The second-order valence-electron chi connectivity index (χ2n) is 14.0. The Morgan fingerprint density at radius 3 is 1.14 bits per heavy atom. The van der Waals surface area contributed by atoms with Gasteiger partial charge in [-0.05, 0) is 32.6 Å². The predicted molar refractivity (Wildman–Crippen MR) is 189 cm³/mol. The molecule has 2 heteroatoms. The Hall–Kier alpha value is -0.790. The van der Waals surface area contributed by atoms with Crippen LogP contribution in [-0.2, 0) is 0 Å². The zero-order valence-electron chi connectivity index (χ0n) is 29.7. The van der Waals surface area contributed by atoms with Crippen LogP contribution in [0.15, 0.2) is 12.4 Å². The van der Waals surface area contributed by atoms with E-state index in [4.69, 9.17) is 0 Å². The lowest BCUT2D eigenvalue weighted by molar-refractivity contribution is -0.727. The van der Waals surface area contributed by atoms with Gasteiger partial charge in [0.1, 0.15) is 12.4 Å². The van der Waals surface area contributed by atoms with Crippen molar-refractivity contribution in [1.82, 2.24) is 4.98 Å². The molecule has 0 bridgehead atoms. The van der Waals surface area contributed by atoms with Crippen LogP contribution in [0.25, 0.3) is 0 Å². The van der Waals surface area contributed by atoms with Crippen molar-refractivity contribution in [3.63, 3.8) is 0 Å². The summed E-state index contributed by atoms with van der Waals surface area (Å²) in [7, 11) is 0. The smallest absolute Gasteiger partial charge is 0.247 e. The summed E-state index contributed by atoms with van der Waals surface area (Å²) in [5.74, 6) is 2.24. The van der Waals surface area contributed by atoms with E-state index >= 15 is 0 Å². The molecule has 0 radical (unpaired) electrons. The second-order valence-corrected chi connectivity index (χ2v) is 14.0. The van der Waals surface area contributed by atoms with Crippen LogP contribution in [0.5, 0.6) is 0 Å². The van der Waals surface area contributed by atoms with Gasteiger partial charge in [-0.1, -0.05) is 194 Å². The fourth-order valence-electron chi connectivity index (χ4n) is 6.96. The number of nitrogens with zero attached hydrogens (tertiary/aromatic N) is 1. The molecule has 248 valence electrons. The zero-order valence-corrected chi connectivity index (χ0v) is 29.7. The van der Waals surface area contributed by atoms with E-state index in [1.165, 1.54) is 205 Å². The van der Waals surface area contributed by atoms with E-state index in [-0.39, 0.29) is 0 Å². The molecule has 1 aromatic rings. The number of nitrogens with one attached hydrogen (secondary N) is 1. The standard InChI is InChI=1S/C40H78N2/c1-5-8-11-13-15-17-19-21-23-25-27-29-32-35-39(40-41-36-37-42(40)38(4)33-30-10-7-3)34-31-28-26-24-22-20-18-16-14-12-9-6-2/h36-39H,5-35H2,1-4H3/p+1. The van der Waals surface area contributed by atoms with E-state index in [0.29, 0.717) is 12.0 Å². The van der Waals surface area contributed by atoms with Gasteiger partial charge in [-0.25, -0.2) is 9.55 Å². The molecule has 2 nitrogen and oxygen atoms in total. The molecule has 0 saturated heterocycles. The molecule has 42 heavy (non-hydrogen) atoms. The molecule has 0 aliphatic heterocycles. The molecule has 0 aromatic carbocycles. The Bertz CT molecular complexity index is 650. The molecular weight excluding hydrogens is 508 g/mol. The molecule has 1 aromatic heterocycles. The van der Waals surface area contributed by atoms with Crippen LogP contribution in [0.1, 0.15) is 245 Å². The van der Waals surface area contributed by atoms with Gasteiger partial charge in [0.15, 0.2) is 0 Å². The van der Waals surface area contributed by atoms with Crippen molar-refractivity contribution in [2.24, 2.45) is 0 Å². The van der Waals surface area contributed by atoms with E-state index in [1.807, 2.05) is 0 Å². The summed E-state index contributed by atoms with van der Waals surface area (Å²) >= 11 is 0. The van der Waals surface area contributed by atoms with Crippen LogP contribution in [0.2, 0.25) is 0 Å². The van der Waals surface area contributed by atoms with Gasteiger partial charge < -0.3 is 0 Å². The lowest BCUT2D eigenvalue weighted by Crippen LogP contribution is -2.41. The highest BCUT2D eigenvalue weighted by Crippen LogP contribution is 2.27. The summed E-state index contributed by atoms with van der Waals surface area (Å²) in [6.45, 7) is 9.39. The minimum absolute atomic E-state index is 0.619. The summed E-state index contributed by atoms with van der Waals surface area (Å²) < 4.78 is 2.61. The summed E-state index contributed by atoms with van der Waals surface area (Å²) in [4.78, 5) is 3.73. The SMILES string of the molecule is CCCCCCCCCCCCCCCC(CCCCCCCCCCCCCC)c1[nH]cc[n+]1C(C)CCCCC. The van der Waals surface area contributed by atoms with Crippen molar-refractivity contribution in [3.05, 3.63) is 18.2 Å². The summed E-state index contributed by atoms with van der Waals surface area (Å²) in [6, 6.07) is 0.619. The van der Waals surface area contributed by atoms with E-state index < -0.39 is 0 Å². The monoisotopic (exact) mass is 588 g/mol. The first-order valence-electron chi connectivity index (χ1n) is 19.8. The first-order chi connectivity index (χ1) is 20.7. The molecule has 0 saturated carbocycles. The number of imidazole rings is 1. The third kappa shape index (κ3) is 21.8. The first kappa shape index (κ1) is 39.2. The Morgan fingerprint density at radius 2 is 0.762 bits per heavy atom. The van der Waals surface area contributed by atoms with Gasteiger partial charge in [-0.15, -0.1) is 0 Å². The number of unbranched alkanes of at least 4 members (excludes halogenated alkanes) is 25. The van der Waals surface area contributed by atoms with Crippen LogP contribution in [0.3, 0.4) is 0 Å². The predicted octanol–water partition coefficient (Wildman–Crippen LogP) is 14.1. The van der Waals surface area contributed by atoms with Crippen molar-refractivity contribution >= 4 is 0 Å². The van der Waals surface area contributed by atoms with Crippen molar-refractivity contribution in [2.75, 3.05) is 0 Å². The van der Waals surface area contributed by atoms with Gasteiger partial charge in [0, 0.05) is 0 Å². The molecule has 0 aliphatic carbocycles. The first-order valence-corrected chi connectivity index (χ1v) is 19.8. The molecule has 1 rings (SSSR count). The van der Waals surface area contributed by atoms with Gasteiger partial charge in [0.05, 0.1) is 12.0 Å². The Kier molecular flexibility index (Phi) is 28.3. The van der Waals surface area contributed by atoms with Gasteiger partial charge in [-0.2, -0.15) is 0 Å². The van der Waals surface area contributed by atoms with Gasteiger partial charge >= 0.3 is 0 Å². The Morgan fingerprint density at radius 1 is 0.452 bits per heavy atom. The topological polar surface area (TPSA) is 19.7 Å². The van der Waals surface area contributed by atoms with Crippen LogP contribution in [0.4, 0.5) is 0 Å². The van der Waals surface area contributed by atoms with E-state index in [9.17, 15) is 0 Å². The average molecular weight is 588 g/mol. The highest BCUT2D eigenvalue weighted by Gasteiger charge is 2.25. The van der Waals surface area contributed by atoms with Crippen LogP contribution in [-0.4, -0.2) is 4.98 Å². The third-order valence-corrected chi connectivity index (χ3v) is 9.89. The van der Waals surface area contributed by atoms with Gasteiger partial charge in [0.25, 0.3) is 5.82 Å². The molecule has 1 N–H and O–H groups in total. The fourth-order valence-corrected chi connectivity index (χ4v) is 6.96. The van der Waals surface area contributed by atoms with Gasteiger partial charge in [0.2, 0.25) is 0 Å². The van der Waals surface area contributed by atoms with Crippen LogP contribution >= 0.6 is 0 Å². The minimum atomic E-state index is 0.619. The van der Waals surface area contributed by atoms with Crippen LogP contribution in [0, 0.1) is 0 Å². The molecule has 0 fully saturated rings. The highest BCUT2D eigenvalue weighted by molar-refractivity contribution is 4.90. The number of aromatic nitrogens is 2. The van der Waals surface area contributed by atoms with Crippen molar-refractivity contribution in [2.45, 2.75) is 239 Å². The molecule has 2 atom stereocenters. The van der Waals surface area contributed by atoms with Crippen molar-refractivity contribution in [3.8, 4) is 0 Å². The van der Waals surface area contributed by atoms with Crippen molar-refractivity contribution in [1.29, 1.82) is 0 Å². The normalized spacial score (nSPS) is 13.1. The largest absolute Gasteiger partial charge is 0.257 e. The maximum Gasteiger partial charge on any atom is 0.257 e. The minimum Gasteiger partial charge on any atom is -0.247 e. The molecule has 0 amide bonds. The molecular formula is C40H79N2+. The molecule has 0 aliphatic rings. The number of hydrogen-bond donors (Lipinski definition) is 1. The summed E-state index contributed by atoms with van der Waals surface area (Å²) in [5.41, 5.74) is 0. The fraction of sp³-hybridized carbons (Fsp3) is 0.925. The highest BCUT2D eigenvalue weighted by atomic mass is 15.1. The second kappa shape index (κ2) is 30.2. The molecule has 1 heterocycles. The van der Waals surface area contributed by atoms with E-state index in [2.05, 4.69) is 49.6 Å². The van der Waals surface area contributed by atoms with E-state index in [0.717, 1.165) is 0 Å². The lowest BCUT2D eigenvalue weighted by atomic mass is 9.92. The maximum atomic E-state index is 3.73. The lowest BCUT2D eigenvalue weighted by Gasteiger charge is -2.17. The Labute approximate surface area is 266 Å². The quantitative estimate of drug-likeness (QED) is 0.0623. The van der Waals surface area contributed by atoms with Crippen molar-refractivity contribution < 1.29 is 4.57 Å². The average Bonchev–Trinajstić information content (AvgIpc) is 3.49. The van der Waals surface area contributed by atoms with E-state index in [1.54, 1.807) is 0 Å². The van der Waals surface area contributed by atoms with Gasteiger partial charge in [-0.3, -0.25) is 0 Å². The Balaban J connectivity index is 2.33.